The van der Waals surface area contributed by atoms with Crippen LogP contribution in [-0.2, 0) is 5.75 Å². The van der Waals surface area contributed by atoms with Gasteiger partial charge in [0.2, 0.25) is 0 Å². The van der Waals surface area contributed by atoms with Crippen molar-refractivity contribution >= 4 is 11.8 Å². The maximum atomic E-state index is 9.49. The maximum Gasteiger partial charge on any atom is 0.118 e. The molecule has 0 aromatic heterocycles. The summed E-state index contributed by atoms with van der Waals surface area (Å²) in [6.45, 7) is 2.95. The molecule has 96 valence electrons. The zero-order valence-electron chi connectivity index (χ0n) is 10.9. The normalized spacial score (nSPS) is 18.0. The van der Waals surface area contributed by atoms with Gasteiger partial charge in [-0.3, -0.25) is 5.32 Å². The van der Waals surface area contributed by atoms with Gasteiger partial charge in [0.25, 0.3) is 0 Å². The van der Waals surface area contributed by atoms with E-state index in [1.54, 1.807) is 0 Å². The molecule has 3 heteroatoms. The summed E-state index contributed by atoms with van der Waals surface area (Å²) >= 11 is 1.86. The van der Waals surface area contributed by atoms with E-state index in [4.69, 9.17) is 0 Å². The number of nitriles is 1. The van der Waals surface area contributed by atoms with E-state index in [-0.39, 0.29) is 5.54 Å². The van der Waals surface area contributed by atoms with Crippen molar-refractivity contribution in [2.45, 2.75) is 31.1 Å². The summed E-state index contributed by atoms with van der Waals surface area (Å²) in [4.78, 5) is 0. The van der Waals surface area contributed by atoms with Gasteiger partial charge >= 0.3 is 0 Å². The Morgan fingerprint density at radius 3 is 2.67 bits per heavy atom. The Hall–Kier alpha value is -0.980. The molecular formula is C15H20N2S. The van der Waals surface area contributed by atoms with E-state index in [0.29, 0.717) is 5.92 Å². The maximum absolute atomic E-state index is 9.49. The predicted octanol–water partition coefficient (Wildman–Crippen LogP) is 3.20. The molecular weight excluding hydrogens is 240 g/mol. The highest BCUT2D eigenvalue weighted by molar-refractivity contribution is 7.98. The molecule has 1 N–H and O–H groups in total. The number of hydrogen-bond donors (Lipinski definition) is 1. The first-order valence-corrected chi connectivity index (χ1v) is 7.74. The predicted molar refractivity (Wildman–Crippen MR) is 77.3 cm³/mol. The van der Waals surface area contributed by atoms with Gasteiger partial charge < -0.3 is 0 Å². The molecule has 1 saturated carbocycles. The van der Waals surface area contributed by atoms with Crippen LogP contribution >= 0.6 is 11.8 Å². The monoisotopic (exact) mass is 260 g/mol. The molecule has 1 aromatic carbocycles. The molecule has 0 amide bonds. The van der Waals surface area contributed by atoms with Crippen LogP contribution in [0, 0.1) is 17.2 Å². The molecule has 18 heavy (non-hydrogen) atoms. The zero-order chi connectivity index (χ0) is 12.8. The third kappa shape index (κ3) is 3.28. The van der Waals surface area contributed by atoms with Crippen LogP contribution in [0.2, 0.25) is 0 Å². The molecule has 0 radical (unpaired) electrons. The quantitative estimate of drug-likeness (QED) is 0.818. The van der Waals surface area contributed by atoms with Crippen molar-refractivity contribution in [1.82, 2.24) is 5.32 Å². The SMILES string of the molecule is CCNC(C#N)(CSCc1ccccc1)C1CC1. The molecule has 0 heterocycles. The van der Waals surface area contributed by atoms with Crippen LogP contribution in [-0.4, -0.2) is 17.8 Å². The lowest BCUT2D eigenvalue weighted by atomic mass is 9.98. The Labute approximate surface area is 114 Å². The average molecular weight is 260 g/mol. The van der Waals surface area contributed by atoms with Crippen molar-refractivity contribution in [1.29, 1.82) is 5.26 Å². The number of nitrogens with one attached hydrogen (secondary N) is 1. The van der Waals surface area contributed by atoms with Crippen LogP contribution in [0.15, 0.2) is 30.3 Å². The first-order valence-electron chi connectivity index (χ1n) is 6.58. The molecule has 1 aliphatic rings. The lowest BCUT2D eigenvalue weighted by Crippen LogP contribution is -2.48. The van der Waals surface area contributed by atoms with Gasteiger partial charge in [-0.2, -0.15) is 17.0 Å². The summed E-state index contributed by atoms with van der Waals surface area (Å²) in [7, 11) is 0. The highest BCUT2D eigenvalue weighted by Gasteiger charge is 2.44. The molecule has 1 fully saturated rings. The van der Waals surface area contributed by atoms with Gasteiger partial charge in [-0.05, 0) is 30.9 Å². The van der Waals surface area contributed by atoms with Crippen LogP contribution < -0.4 is 5.32 Å². The summed E-state index contributed by atoms with van der Waals surface area (Å²) < 4.78 is 0. The number of hydrogen-bond acceptors (Lipinski definition) is 3. The molecule has 0 aliphatic heterocycles. The second-order valence-corrected chi connectivity index (χ2v) is 5.85. The van der Waals surface area contributed by atoms with E-state index in [1.165, 1.54) is 18.4 Å². The van der Waals surface area contributed by atoms with E-state index in [2.05, 4.69) is 42.6 Å². The van der Waals surface area contributed by atoms with Crippen LogP contribution in [0.4, 0.5) is 0 Å². The summed E-state index contributed by atoms with van der Waals surface area (Å²) in [5, 5.41) is 12.9. The Kier molecular flexibility index (Phi) is 4.68. The van der Waals surface area contributed by atoms with E-state index in [1.807, 2.05) is 17.8 Å². The second kappa shape index (κ2) is 6.26. The minimum atomic E-state index is -0.297. The van der Waals surface area contributed by atoms with Crippen LogP contribution in [0.25, 0.3) is 0 Å². The van der Waals surface area contributed by atoms with E-state index in [9.17, 15) is 5.26 Å². The zero-order valence-corrected chi connectivity index (χ0v) is 11.7. The van der Waals surface area contributed by atoms with Gasteiger partial charge in [0.1, 0.15) is 5.54 Å². The average Bonchev–Trinajstić information content (AvgIpc) is 3.24. The van der Waals surface area contributed by atoms with Gasteiger partial charge in [-0.25, -0.2) is 0 Å². The lowest BCUT2D eigenvalue weighted by Gasteiger charge is -2.27. The van der Waals surface area contributed by atoms with Crippen molar-refractivity contribution in [3.8, 4) is 6.07 Å². The Morgan fingerprint density at radius 1 is 1.39 bits per heavy atom. The largest absolute Gasteiger partial charge is 0.299 e. The summed E-state index contributed by atoms with van der Waals surface area (Å²) in [6, 6.07) is 13.0. The molecule has 1 atom stereocenters. The molecule has 1 aliphatic carbocycles. The van der Waals surface area contributed by atoms with Crippen molar-refractivity contribution in [2.24, 2.45) is 5.92 Å². The summed E-state index contributed by atoms with van der Waals surface area (Å²) in [6.07, 6.45) is 2.40. The fourth-order valence-electron chi connectivity index (χ4n) is 2.27. The van der Waals surface area contributed by atoms with Crippen molar-refractivity contribution < 1.29 is 0 Å². The highest BCUT2D eigenvalue weighted by atomic mass is 32.2. The van der Waals surface area contributed by atoms with E-state index < -0.39 is 0 Å². The van der Waals surface area contributed by atoms with E-state index in [0.717, 1.165) is 18.1 Å². The Balaban J connectivity index is 1.88. The molecule has 1 unspecified atom stereocenters. The lowest BCUT2D eigenvalue weighted by molar-refractivity contribution is 0.416. The first kappa shape index (κ1) is 13.5. The van der Waals surface area contributed by atoms with Crippen LogP contribution in [0.5, 0.6) is 0 Å². The van der Waals surface area contributed by atoms with Crippen molar-refractivity contribution in [3.63, 3.8) is 0 Å². The third-order valence-electron chi connectivity index (χ3n) is 3.41. The van der Waals surface area contributed by atoms with Crippen molar-refractivity contribution in [2.75, 3.05) is 12.3 Å². The third-order valence-corrected chi connectivity index (χ3v) is 4.60. The first-order chi connectivity index (χ1) is 8.80. The smallest absolute Gasteiger partial charge is 0.118 e. The van der Waals surface area contributed by atoms with Gasteiger partial charge in [0.05, 0.1) is 6.07 Å². The number of nitrogens with zero attached hydrogens (tertiary/aromatic N) is 1. The molecule has 2 rings (SSSR count). The number of thioether (sulfide) groups is 1. The summed E-state index contributed by atoms with van der Waals surface area (Å²) in [5.74, 6) is 2.44. The van der Waals surface area contributed by atoms with Gasteiger partial charge in [-0.1, -0.05) is 37.3 Å². The molecule has 1 aromatic rings. The molecule has 0 saturated heterocycles. The van der Waals surface area contributed by atoms with E-state index >= 15 is 0 Å². The van der Waals surface area contributed by atoms with Gasteiger partial charge in [0.15, 0.2) is 0 Å². The fraction of sp³-hybridized carbons (Fsp3) is 0.533. The van der Waals surface area contributed by atoms with Crippen LogP contribution in [0.3, 0.4) is 0 Å². The number of benzene rings is 1. The second-order valence-electron chi connectivity index (χ2n) is 4.87. The Morgan fingerprint density at radius 2 is 2.11 bits per heavy atom. The van der Waals surface area contributed by atoms with Crippen molar-refractivity contribution in [3.05, 3.63) is 35.9 Å². The summed E-state index contributed by atoms with van der Waals surface area (Å²) in [5.41, 5.74) is 1.04. The molecule has 0 bridgehead atoms. The highest BCUT2D eigenvalue weighted by Crippen LogP contribution is 2.41. The van der Waals surface area contributed by atoms with Crippen LogP contribution in [0.1, 0.15) is 25.3 Å². The Bertz CT molecular complexity index is 408. The minimum Gasteiger partial charge on any atom is -0.299 e. The fourth-order valence-corrected chi connectivity index (χ4v) is 3.53. The topological polar surface area (TPSA) is 35.8 Å². The van der Waals surface area contributed by atoms with Gasteiger partial charge in [0, 0.05) is 11.5 Å². The number of rotatable bonds is 7. The molecule has 2 nitrogen and oxygen atoms in total. The molecule has 0 spiro atoms. The minimum absolute atomic E-state index is 0.297. The van der Waals surface area contributed by atoms with Gasteiger partial charge in [-0.15, -0.1) is 0 Å². The standard InChI is InChI=1S/C15H20N2S/c1-2-17-15(11-16,14-8-9-14)12-18-10-13-6-4-3-5-7-13/h3-7,14,17H,2,8-10,12H2,1H3.